The summed E-state index contributed by atoms with van der Waals surface area (Å²) in [6, 6.07) is 16.7. The summed E-state index contributed by atoms with van der Waals surface area (Å²) in [6.45, 7) is 0. The average Bonchev–Trinajstić information content (AvgIpc) is 3.14. The summed E-state index contributed by atoms with van der Waals surface area (Å²) >= 11 is 0. The maximum Gasteiger partial charge on any atom is 0.256 e. The van der Waals surface area contributed by atoms with Crippen LogP contribution in [0.25, 0.3) is 0 Å². The van der Waals surface area contributed by atoms with Gasteiger partial charge in [0.25, 0.3) is 5.91 Å². The number of ether oxygens (including phenoxy) is 2. The van der Waals surface area contributed by atoms with Gasteiger partial charge in [0.15, 0.2) is 5.82 Å². The molecule has 0 fully saturated rings. The molecule has 0 aliphatic rings. The molecule has 0 saturated heterocycles. The number of aryl methyl sites for hydroxylation is 2. The first-order valence-electron chi connectivity index (χ1n) is 8.30. The molecule has 26 heavy (non-hydrogen) atoms. The monoisotopic (exact) mass is 351 g/mol. The van der Waals surface area contributed by atoms with Crippen molar-refractivity contribution < 1.29 is 14.3 Å². The van der Waals surface area contributed by atoms with Crippen molar-refractivity contribution in [3.8, 4) is 11.5 Å². The highest BCUT2D eigenvalue weighted by atomic mass is 16.5. The van der Waals surface area contributed by atoms with Crippen molar-refractivity contribution in [1.29, 1.82) is 0 Å². The largest absolute Gasteiger partial charge is 0.497 e. The van der Waals surface area contributed by atoms with Gasteiger partial charge in [-0.15, -0.1) is 0 Å². The lowest BCUT2D eigenvalue weighted by molar-refractivity contribution is 0.102. The molecule has 0 radical (unpaired) electrons. The second kappa shape index (κ2) is 8.20. The minimum absolute atomic E-state index is 0.179. The third-order valence-electron chi connectivity index (χ3n) is 4.00. The van der Waals surface area contributed by atoms with Crippen molar-refractivity contribution in [2.75, 3.05) is 19.5 Å². The average molecular weight is 351 g/mol. The zero-order valence-corrected chi connectivity index (χ0v) is 14.8. The normalized spacial score (nSPS) is 10.4. The van der Waals surface area contributed by atoms with E-state index in [1.807, 2.05) is 42.5 Å². The standard InChI is InChI=1S/C20H21N3O3/c1-25-17-10-14(11-18(13-17)26-2)8-9-16-12-19(23-22-16)21-20(24)15-6-4-3-5-7-15/h3-7,10-13H,8-9H2,1-2H3,(H2,21,22,23,24). The third-order valence-corrected chi connectivity index (χ3v) is 4.00. The van der Waals surface area contributed by atoms with Crippen molar-refractivity contribution in [3.63, 3.8) is 0 Å². The summed E-state index contributed by atoms with van der Waals surface area (Å²) in [4.78, 5) is 12.2. The van der Waals surface area contributed by atoms with Gasteiger partial charge in [0, 0.05) is 23.4 Å². The molecule has 3 aromatic rings. The summed E-state index contributed by atoms with van der Waals surface area (Å²) < 4.78 is 10.6. The molecule has 6 nitrogen and oxygen atoms in total. The molecular weight excluding hydrogens is 330 g/mol. The van der Waals surface area contributed by atoms with Gasteiger partial charge in [0.1, 0.15) is 11.5 Å². The van der Waals surface area contributed by atoms with Gasteiger partial charge < -0.3 is 14.8 Å². The number of aromatic nitrogens is 2. The van der Waals surface area contributed by atoms with Gasteiger partial charge in [-0.25, -0.2) is 0 Å². The lowest BCUT2D eigenvalue weighted by atomic mass is 10.1. The molecule has 0 spiro atoms. The summed E-state index contributed by atoms with van der Waals surface area (Å²) in [5, 5.41) is 9.91. The SMILES string of the molecule is COc1cc(CCc2cc(NC(=O)c3ccccc3)n[nH]2)cc(OC)c1. The fourth-order valence-electron chi connectivity index (χ4n) is 2.62. The van der Waals surface area contributed by atoms with E-state index < -0.39 is 0 Å². The topological polar surface area (TPSA) is 76.2 Å². The second-order valence-electron chi connectivity index (χ2n) is 5.82. The van der Waals surface area contributed by atoms with Gasteiger partial charge in [-0.3, -0.25) is 9.89 Å². The molecule has 0 atom stereocenters. The van der Waals surface area contributed by atoms with Crippen molar-refractivity contribution in [3.05, 3.63) is 71.4 Å². The van der Waals surface area contributed by atoms with Crippen molar-refractivity contribution in [1.82, 2.24) is 10.2 Å². The Labute approximate surface area is 152 Å². The predicted molar refractivity (Wildman–Crippen MR) is 99.9 cm³/mol. The number of rotatable bonds is 7. The van der Waals surface area contributed by atoms with Crippen LogP contribution in [0.1, 0.15) is 21.6 Å². The smallest absolute Gasteiger partial charge is 0.256 e. The molecule has 134 valence electrons. The molecule has 0 aliphatic heterocycles. The van der Waals surface area contributed by atoms with E-state index >= 15 is 0 Å². The van der Waals surface area contributed by atoms with E-state index in [9.17, 15) is 4.79 Å². The summed E-state index contributed by atoms with van der Waals surface area (Å²) in [6.07, 6.45) is 1.55. The number of carbonyl (C=O) groups is 1. The van der Waals surface area contributed by atoms with Crippen molar-refractivity contribution >= 4 is 11.7 Å². The highest BCUT2D eigenvalue weighted by Gasteiger charge is 2.09. The number of H-pyrrole nitrogens is 1. The van der Waals surface area contributed by atoms with E-state index in [0.29, 0.717) is 11.4 Å². The number of amides is 1. The summed E-state index contributed by atoms with van der Waals surface area (Å²) in [5.74, 6) is 1.86. The molecule has 6 heteroatoms. The molecule has 0 aliphatic carbocycles. The van der Waals surface area contributed by atoms with Gasteiger partial charge in [-0.2, -0.15) is 5.10 Å². The van der Waals surface area contributed by atoms with Gasteiger partial charge in [-0.1, -0.05) is 18.2 Å². The van der Waals surface area contributed by atoms with Crippen LogP contribution in [0.3, 0.4) is 0 Å². The molecule has 0 bridgehead atoms. The number of aromatic amines is 1. The molecule has 1 heterocycles. The van der Waals surface area contributed by atoms with E-state index in [0.717, 1.165) is 35.6 Å². The Morgan fingerprint density at radius 3 is 2.35 bits per heavy atom. The summed E-state index contributed by atoms with van der Waals surface area (Å²) in [5.41, 5.74) is 2.64. The van der Waals surface area contributed by atoms with Crippen molar-refractivity contribution in [2.24, 2.45) is 0 Å². The molecule has 1 aromatic heterocycles. The second-order valence-corrected chi connectivity index (χ2v) is 5.82. The number of nitrogens with one attached hydrogen (secondary N) is 2. The van der Waals surface area contributed by atoms with Gasteiger partial charge in [0.2, 0.25) is 0 Å². The number of nitrogens with zero attached hydrogens (tertiary/aromatic N) is 1. The first-order valence-corrected chi connectivity index (χ1v) is 8.30. The van der Waals surface area contributed by atoms with Crippen molar-refractivity contribution in [2.45, 2.75) is 12.8 Å². The fraction of sp³-hybridized carbons (Fsp3) is 0.200. The van der Waals surface area contributed by atoms with Crippen LogP contribution >= 0.6 is 0 Å². The van der Waals surface area contributed by atoms with Crippen LogP contribution in [0.4, 0.5) is 5.82 Å². The van der Waals surface area contributed by atoms with E-state index in [2.05, 4.69) is 15.5 Å². The number of carbonyl (C=O) groups excluding carboxylic acids is 1. The zero-order valence-electron chi connectivity index (χ0n) is 14.8. The van der Waals surface area contributed by atoms with Gasteiger partial charge in [-0.05, 0) is 42.7 Å². The third kappa shape index (κ3) is 4.42. The highest BCUT2D eigenvalue weighted by molar-refractivity contribution is 6.03. The first-order chi connectivity index (χ1) is 12.7. The molecular formula is C20H21N3O3. The van der Waals surface area contributed by atoms with Crippen LogP contribution in [0.2, 0.25) is 0 Å². The lowest BCUT2D eigenvalue weighted by Gasteiger charge is -2.08. The minimum atomic E-state index is -0.179. The Balaban J connectivity index is 1.61. The Hall–Kier alpha value is -3.28. The molecule has 2 N–H and O–H groups in total. The molecule has 1 amide bonds. The maximum absolute atomic E-state index is 12.2. The number of methoxy groups -OCH3 is 2. The van der Waals surface area contributed by atoms with Crippen LogP contribution in [-0.4, -0.2) is 30.3 Å². The predicted octanol–water partition coefficient (Wildman–Crippen LogP) is 3.46. The Bertz CT molecular complexity index is 853. The molecule has 0 saturated carbocycles. The van der Waals surface area contributed by atoms with Gasteiger partial charge >= 0.3 is 0 Å². The van der Waals surface area contributed by atoms with E-state index in [1.54, 1.807) is 26.4 Å². The zero-order chi connectivity index (χ0) is 18.4. The molecule has 3 rings (SSSR count). The Morgan fingerprint density at radius 1 is 1.00 bits per heavy atom. The van der Waals surface area contributed by atoms with E-state index in [1.165, 1.54) is 0 Å². The molecule has 2 aromatic carbocycles. The number of benzene rings is 2. The Kier molecular flexibility index (Phi) is 5.53. The van der Waals surface area contributed by atoms with Crippen LogP contribution in [0.5, 0.6) is 11.5 Å². The van der Waals surface area contributed by atoms with E-state index in [-0.39, 0.29) is 5.91 Å². The lowest BCUT2D eigenvalue weighted by Crippen LogP contribution is -2.11. The molecule has 0 unspecified atom stereocenters. The fourth-order valence-corrected chi connectivity index (χ4v) is 2.62. The maximum atomic E-state index is 12.2. The van der Waals surface area contributed by atoms with Crippen LogP contribution < -0.4 is 14.8 Å². The Morgan fingerprint density at radius 2 is 1.69 bits per heavy atom. The van der Waals surface area contributed by atoms with Gasteiger partial charge in [0.05, 0.1) is 14.2 Å². The quantitative estimate of drug-likeness (QED) is 0.683. The summed E-state index contributed by atoms with van der Waals surface area (Å²) in [7, 11) is 3.27. The first kappa shape index (κ1) is 17.5. The van der Waals surface area contributed by atoms with Crippen LogP contribution in [0.15, 0.2) is 54.6 Å². The number of hydrogen-bond acceptors (Lipinski definition) is 4. The number of anilines is 1. The highest BCUT2D eigenvalue weighted by Crippen LogP contribution is 2.23. The number of hydrogen-bond donors (Lipinski definition) is 2. The minimum Gasteiger partial charge on any atom is -0.497 e. The van der Waals surface area contributed by atoms with E-state index in [4.69, 9.17) is 9.47 Å². The van der Waals surface area contributed by atoms with Crippen LogP contribution in [-0.2, 0) is 12.8 Å². The van der Waals surface area contributed by atoms with Crippen LogP contribution in [0, 0.1) is 0 Å².